The minimum Gasteiger partial charge on any atom is -0.383 e. The number of Topliss-reactive ketones (excluding diaryl/α,β-unsaturated/α-hetero) is 1. The number of aromatic nitrogens is 3. The topological polar surface area (TPSA) is 130 Å². The molecule has 0 saturated heterocycles. The lowest BCUT2D eigenvalue weighted by molar-refractivity contribution is -0.165. The number of halogens is 3. The second-order valence-corrected chi connectivity index (χ2v) is 8.86. The molecule has 3 aromatic rings. The Hall–Kier alpha value is -3.63. The van der Waals surface area contributed by atoms with Crippen LogP contribution in [0.3, 0.4) is 0 Å². The Morgan fingerprint density at radius 3 is 2.35 bits per heavy atom. The Labute approximate surface area is 193 Å². The van der Waals surface area contributed by atoms with Gasteiger partial charge in [-0.05, 0) is 32.3 Å². The molecule has 0 radical (unpaired) electrons. The van der Waals surface area contributed by atoms with E-state index in [2.05, 4.69) is 10.3 Å². The van der Waals surface area contributed by atoms with Crippen LogP contribution < -0.4 is 11.5 Å². The SMILES string of the molecule is CC(C)n1nc(-c2ccc(CC(=O)Cc3cc(C4(C(F)(F)F)CC4)on3)cc2)c(C(N)=O)c1N. The van der Waals surface area contributed by atoms with Crippen LogP contribution in [0.25, 0.3) is 11.3 Å². The van der Waals surface area contributed by atoms with Crippen molar-refractivity contribution in [1.29, 1.82) is 0 Å². The summed E-state index contributed by atoms with van der Waals surface area (Å²) in [7, 11) is 0. The van der Waals surface area contributed by atoms with E-state index in [1.807, 2.05) is 13.8 Å². The van der Waals surface area contributed by atoms with Crippen LogP contribution in [0.2, 0.25) is 0 Å². The first-order valence-corrected chi connectivity index (χ1v) is 10.7. The maximum absolute atomic E-state index is 13.2. The molecular weight excluding hydrogens is 451 g/mol. The number of alkyl halides is 3. The second kappa shape index (κ2) is 8.30. The summed E-state index contributed by atoms with van der Waals surface area (Å²) in [6.45, 7) is 3.75. The molecule has 1 amide bonds. The summed E-state index contributed by atoms with van der Waals surface area (Å²) in [5.74, 6) is -0.973. The second-order valence-electron chi connectivity index (χ2n) is 8.86. The summed E-state index contributed by atoms with van der Waals surface area (Å²) < 4.78 is 46.1. The molecule has 11 heteroatoms. The minimum atomic E-state index is -4.40. The largest absolute Gasteiger partial charge is 0.401 e. The van der Waals surface area contributed by atoms with E-state index in [1.165, 1.54) is 10.7 Å². The summed E-state index contributed by atoms with van der Waals surface area (Å²) in [6.07, 6.45) is -4.56. The van der Waals surface area contributed by atoms with Gasteiger partial charge in [-0.15, -0.1) is 0 Å². The molecule has 8 nitrogen and oxygen atoms in total. The zero-order chi connectivity index (χ0) is 24.8. The molecule has 0 bridgehead atoms. The van der Waals surface area contributed by atoms with Crippen molar-refractivity contribution in [2.45, 2.75) is 57.2 Å². The molecule has 1 fully saturated rings. The highest BCUT2D eigenvalue weighted by molar-refractivity contribution is 6.03. The van der Waals surface area contributed by atoms with Crippen LogP contribution in [0.4, 0.5) is 19.0 Å². The summed E-state index contributed by atoms with van der Waals surface area (Å²) in [5, 5.41) is 8.08. The van der Waals surface area contributed by atoms with Crippen molar-refractivity contribution in [3.05, 3.63) is 52.9 Å². The number of primary amides is 1. The fraction of sp³-hybridized carbons (Fsp3) is 0.391. The third-order valence-electron chi connectivity index (χ3n) is 6.01. The van der Waals surface area contributed by atoms with E-state index in [1.54, 1.807) is 24.3 Å². The smallest absolute Gasteiger partial charge is 0.383 e. The number of anilines is 1. The number of benzene rings is 1. The fourth-order valence-electron chi connectivity index (χ4n) is 3.97. The van der Waals surface area contributed by atoms with Crippen molar-refractivity contribution in [2.24, 2.45) is 5.73 Å². The monoisotopic (exact) mass is 475 g/mol. The van der Waals surface area contributed by atoms with Crippen LogP contribution in [0.15, 0.2) is 34.9 Å². The van der Waals surface area contributed by atoms with E-state index in [0.29, 0.717) is 16.8 Å². The number of ketones is 1. The molecule has 180 valence electrons. The zero-order valence-electron chi connectivity index (χ0n) is 18.6. The maximum Gasteiger partial charge on any atom is 0.401 e. The van der Waals surface area contributed by atoms with Gasteiger partial charge in [0.1, 0.15) is 28.3 Å². The van der Waals surface area contributed by atoms with Crippen molar-refractivity contribution in [1.82, 2.24) is 14.9 Å². The predicted octanol–water partition coefficient (Wildman–Crippen LogP) is 3.75. The van der Waals surface area contributed by atoms with E-state index in [9.17, 15) is 22.8 Å². The van der Waals surface area contributed by atoms with Crippen molar-refractivity contribution in [3.8, 4) is 11.3 Å². The number of nitrogen functional groups attached to an aromatic ring is 1. The van der Waals surface area contributed by atoms with E-state index in [-0.39, 0.29) is 60.3 Å². The minimum absolute atomic E-state index is 0.0377. The average molecular weight is 475 g/mol. The van der Waals surface area contributed by atoms with Crippen molar-refractivity contribution < 1.29 is 27.3 Å². The normalized spacial score (nSPS) is 15.0. The van der Waals surface area contributed by atoms with E-state index in [4.69, 9.17) is 16.0 Å². The molecule has 1 aromatic carbocycles. The number of nitrogens with zero attached hydrogens (tertiary/aromatic N) is 3. The first-order chi connectivity index (χ1) is 15.9. The number of carbonyl (C=O) groups excluding carboxylic acids is 2. The molecule has 0 unspecified atom stereocenters. The summed E-state index contributed by atoms with van der Waals surface area (Å²) in [5.41, 5.74) is 11.5. The lowest BCUT2D eigenvalue weighted by Gasteiger charge is -2.15. The van der Waals surface area contributed by atoms with E-state index < -0.39 is 17.5 Å². The third-order valence-corrected chi connectivity index (χ3v) is 6.01. The molecule has 0 aliphatic heterocycles. The molecule has 1 saturated carbocycles. The van der Waals surface area contributed by atoms with Crippen LogP contribution in [0, 0.1) is 0 Å². The molecule has 4 N–H and O–H groups in total. The Morgan fingerprint density at radius 2 is 1.82 bits per heavy atom. The third kappa shape index (κ3) is 4.17. The van der Waals surface area contributed by atoms with Crippen LogP contribution >= 0.6 is 0 Å². The van der Waals surface area contributed by atoms with Crippen LogP contribution in [-0.2, 0) is 23.1 Å². The Balaban J connectivity index is 1.46. The van der Waals surface area contributed by atoms with Gasteiger partial charge in [-0.3, -0.25) is 9.59 Å². The molecule has 2 aromatic heterocycles. The lowest BCUT2D eigenvalue weighted by atomic mass is 10.00. The molecule has 1 aliphatic rings. The van der Waals surface area contributed by atoms with Crippen LogP contribution in [-0.4, -0.2) is 32.8 Å². The predicted molar refractivity (Wildman–Crippen MR) is 117 cm³/mol. The summed E-state index contributed by atoms with van der Waals surface area (Å²) in [6, 6.07) is 7.97. The average Bonchev–Trinajstić information content (AvgIpc) is 3.32. The number of nitrogens with two attached hydrogens (primary N) is 2. The zero-order valence-corrected chi connectivity index (χ0v) is 18.6. The molecule has 0 spiro atoms. The van der Waals surface area contributed by atoms with E-state index >= 15 is 0 Å². The van der Waals surface area contributed by atoms with Gasteiger partial charge >= 0.3 is 6.18 Å². The Kier molecular flexibility index (Phi) is 5.74. The fourth-order valence-corrected chi connectivity index (χ4v) is 3.97. The quantitative estimate of drug-likeness (QED) is 0.510. The molecule has 2 heterocycles. The number of carbonyl (C=O) groups is 2. The van der Waals surface area contributed by atoms with Gasteiger partial charge in [-0.25, -0.2) is 4.68 Å². The number of rotatable bonds is 8. The molecule has 1 aliphatic carbocycles. The number of hydrogen-bond donors (Lipinski definition) is 2. The highest BCUT2D eigenvalue weighted by atomic mass is 19.4. The van der Waals surface area contributed by atoms with Crippen molar-refractivity contribution in [3.63, 3.8) is 0 Å². The van der Waals surface area contributed by atoms with Crippen LogP contribution in [0.1, 0.15) is 60.1 Å². The molecule has 0 atom stereocenters. The van der Waals surface area contributed by atoms with Crippen molar-refractivity contribution >= 4 is 17.5 Å². The maximum atomic E-state index is 13.2. The van der Waals surface area contributed by atoms with Gasteiger partial charge in [0.25, 0.3) is 5.91 Å². The van der Waals surface area contributed by atoms with Crippen molar-refractivity contribution in [2.75, 3.05) is 5.73 Å². The number of hydrogen-bond acceptors (Lipinski definition) is 6. The van der Waals surface area contributed by atoms with Gasteiger partial charge in [0.05, 0.1) is 12.1 Å². The van der Waals surface area contributed by atoms with Crippen LogP contribution in [0.5, 0.6) is 0 Å². The van der Waals surface area contributed by atoms with Gasteiger partial charge < -0.3 is 16.0 Å². The summed E-state index contributed by atoms with van der Waals surface area (Å²) >= 11 is 0. The van der Waals surface area contributed by atoms with E-state index in [0.717, 1.165) is 0 Å². The highest BCUT2D eigenvalue weighted by Gasteiger charge is 2.66. The Morgan fingerprint density at radius 1 is 1.18 bits per heavy atom. The van der Waals surface area contributed by atoms with Gasteiger partial charge in [0, 0.05) is 24.1 Å². The first-order valence-electron chi connectivity index (χ1n) is 10.7. The first kappa shape index (κ1) is 23.5. The number of amides is 1. The summed E-state index contributed by atoms with van der Waals surface area (Å²) in [4.78, 5) is 24.4. The molecule has 4 rings (SSSR count). The van der Waals surface area contributed by atoms with Gasteiger partial charge in [0.2, 0.25) is 0 Å². The van der Waals surface area contributed by atoms with Gasteiger partial charge in [-0.1, -0.05) is 29.4 Å². The molecular formula is C23H24F3N5O3. The standard InChI is InChI=1S/C23H24F3N5O3/c1-12(2)31-20(27)18(21(28)33)19(29-31)14-5-3-13(4-6-14)9-16(32)10-15-11-17(34-30-15)22(7-8-22)23(24,25)26/h3-6,11-12H,7-10,27H2,1-2H3,(H2,28,33). The lowest BCUT2D eigenvalue weighted by Crippen LogP contribution is -2.28. The van der Waals surface area contributed by atoms with Gasteiger partial charge in [-0.2, -0.15) is 18.3 Å². The Bertz CT molecular complexity index is 1240. The molecule has 34 heavy (non-hydrogen) atoms. The van der Waals surface area contributed by atoms with Gasteiger partial charge in [0.15, 0.2) is 5.76 Å². The highest BCUT2D eigenvalue weighted by Crippen LogP contribution is 2.58.